The lowest BCUT2D eigenvalue weighted by Crippen LogP contribution is -2.43. The second-order valence-electron chi connectivity index (χ2n) is 7.95. The van der Waals surface area contributed by atoms with E-state index in [1.807, 2.05) is 29.2 Å². The van der Waals surface area contributed by atoms with Crippen molar-refractivity contribution in [1.82, 2.24) is 15.5 Å². The molecule has 0 radical (unpaired) electrons. The molecular formula is C22H34ClN3O3. The van der Waals surface area contributed by atoms with Gasteiger partial charge < -0.3 is 20.3 Å². The minimum Gasteiger partial charge on any atom is -0.497 e. The average Bonchev–Trinajstić information content (AvgIpc) is 2.77. The SMILES string of the molecule is COc1ccc(CNC(=O)C2CCN(C(=O)CCC3CCNCC3)CC2)cc1.Cl. The normalized spacial score (nSPS) is 18.0. The number of piperidine rings is 2. The van der Waals surface area contributed by atoms with Gasteiger partial charge in [0, 0.05) is 32.0 Å². The summed E-state index contributed by atoms with van der Waals surface area (Å²) >= 11 is 0. The molecule has 0 bridgehead atoms. The number of rotatable bonds is 7. The van der Waals surface area contributed by atoms with Crippen LogP contribution in [0.5, 0.6) is 5.75 Å². The van der Waals surface area contributed by atoms with Crippen LogP contribution in [0.4, 0.5) is 0 Å². The summed E-state index contributed by atoms with van der Waals surface area (Å²) in [7, 11) is 1.64. The highest BCUT2D eigenvalue weighted by molar-refractivity contribution is 5.85. The molecule has 0 saturated carbocycles. The Morgan fingerprint density at radius 2 is 1.76 bits per heavy atom. The van der Waals surface area contributed by atoms with Crippen molar-refractivity contribution >= 4 is 24.2 Å². The van der Waals surface area contributed by atoms with Crippen LogP contribution < -0.4 is 15.4 Å². The molecule has 0 unspecified atom stereocenters. The van der Waals surface area contributed by atoms with E-state index in [0.717, 1.165) is 43.7 Å². The topological polar surface area (TPSA) is 70.7 Å². The van der Waals surface area contributed by atoms with Crippen LogP contribution in [0.1, 0.15) is 44.1 Å². The van der Waals surface area contributed by atoms with Gasteiger partial charge in [0.15, 0.2) is 0 Å². The number of amides is 2. The summed E-state index contributed by atoms with van der Waals surface area (Å²) in [5.74, 6) is 1.86. The lowest BCUT2D eigenvalue weighted by Gasteiger charge is -2.32. The largest absolute Gasteiger partial charge is 0.497 e. The lowest BCUT2D eigenvalue weighted by molar-refractivity contribution is -0.136. The zero-order chi connectivity index (χ0) is 19.8. The van der Waals surface area contributed by atoms with Gasteiger partial charge in [0.25, 0.3) is 0 Å². The first-order chi connectivity index (χ1) is 13.7. The molecule has 0 spiro atoms. The van der Waals surface area contributed by atoms with Gasteiger partial charge in [-0.3, -0.25) is 9.59 Å². The zero-order valence-electron chi connectivity index (χ0n) is 17.3. The van der Waals surface area contributed by atoms with Gasteiger partial charge in [0.05, 0.1) is 7.11 Å². The lowest BCUT2D eigenvalue weighted by atomic mass is 9.92. The van der Waals surface area contributed by atoms with E-state index in [4.69, 9.17) is 4.74 Å². The smallest absolute Gasteiger partial charge is 0.223 e. The number of carbonyl (C=O) groups excluding carboxylic acids is 2. The highest BCUT2D eigenvalue weighted by Crippen LogP contribution is 2.22. The van der Waals surface area contributed by atoms with E-state index in [9.17, 15) is 9.59 Å². The maximum atomic E-state index is 12.5. The van der Waals surface area contributed by atoms with E-state index in [1.54, 1.807) is 7.11 Å². The number of halogens is 1. The van der Waals surface area contributed by atoms with Crippen molar-refractivity contribution in [3.8, 4) is 5.75 Å². The monoisotopic (exact) mass is 423 g/mol. The van der Waals surface area contributed by atoms with Crippen LogP contribution in [-0.4, -0.2) is 50.0 Å². The Morgan fingerprint density at radius 3 is 2.38 bits per heavy atom. The third-order valence-corrected chi connectivity index (χ3v) is 6.07. The van der Waals surface area contributed by atoms with Gasteiger partial charge in [0.1, 0.15) is 5.75 Å². The third-order valence-electron chi connectivity index (χ3n) is 6.07. The average molecular weight is 424 g/mol. The second-order valence-corrected chi connectivity index (χ2v) is 7.95. The standard InChI is InChI=1S/C22H33N3O3.ClH/c1-28-20-5-2-18(3-6-20)16-24-22(27)19-10-14-25(15-11-19)21(26)7-4-17-8-12-23-13-9-17;/h2-3,5-6,17,19,23H,4,7-16H2,1H3,(H,24,27);1H. The van der Waals surface area contributed by atoms with Crippen molar-refractivity contribution in [2.75, 3.05) is 33.3 Å². The van der Waals surface area contributed by atoms with Crippen molar-refractivity contribution in [2.45, 2.75) is 45.1 Å². The molecular weight excluding hydrogens is 390 g/mol. The minimum atomic E-state index is 0. The van der Waals surface area contributed by atoms with Crippen molar-refractivity contribution in [3.63, 3.8) is 0 Å². The van der Waals surface area contributed by atoms with Crippen LogP contribution >= 0.6 is 12.4 Å². The second kappa shape index (κ2) is 12.0. The van der Waals surface area contributed by atoms with Crippen LogP contribution in [0, 0.1) is 11.8 Å². The first-order valence-corrected chi connectivity index (χ1v) is 10.5. The number of hydrogen-bond acceptors (Lipinski definition) is 4. The number of hydrogen-bond donors (Lipinski definition) is 2. The summed E-state index contributed by atoms with van der Waals surface area (Å²) in [4.78, 5) is 26.9. The molecule has 2 aliphatic rings. The number of benzene rings is 1. The Labute approximate surface area is 180 Å². The summed E-state index contributed by atoms with van der Waals surface area (Å²) in [6.45, 7) is 4.08. The van der Waals surface area contributed by atoms with Gasteiger partial charge in [0.2, 0.25) is 11.8 Å². The minimum absolute atomic E-state index is 0. The zero-order valence-corrected chi connectivity index (χ0v) is 18.1. The number of nitrogens with one attached hydrogen (secondary N) is 2. The molecule has 29 heavy (non-hydrogen) atoms. The molecule has 0 aromatic heterocycles. The van der Waals surface area contributed by atoms with E-state index >= 15 is 0 Å². The molecule has 2 heterocycles. The fraction of sp³-hybridized carbons (Fsp3) is 0.636. The molecule has 0 atom stereocenters. The fourth-order valence-electron chi connectivity index (χ4n) is 4.12. The molecule has 6 nitrogen and oxygen atoms in total. The molecule has 7 heteroatoms. The predicted molar refractivity (Wildman–Crippen MR) is 116 cm³/mol. The predicted octanol–water partition coefficient (Wildman–Crippen LogP) is 2.75. The molecule has 1 aromatic rings. The van der Waals surface area contributed by atoms with Crippen LogP contribution in [-0.2, 0) is 16.1 Å². The Balaban J connectivity index is 0.00000300. The Hall–Kier alpha value is -1.79. The van der Waals surface area contributed by atoms with Crippen LogP contribution in [0.15, 0.2) is 24.3 Å². The molecule has 2 amide bonds. The summed E-state index contributed by atoms with van der Waals surface area (Å²) in [6, 6.07) is 7.72. The molecule has 0 aliphatic carbocycles. The molecule has 2 fully saturated rings. The van der Waals surface area contributed by atoms with Gasteiger partial charge in [-0.15, -0.1) is 12.4 Å². The Bertz CT molecular complexity index is 639. The maximum Gasteiger partial charge on any atom is 0.223 e. The van der Waals surface area contributed by atoms with Crippen LogP contribution in [0.3, 0.4) is 0 Å². The van der Waals surface area contributed by atoms with Crippen molar-refractivity contribution < 1.29 is 14.3 Å². The van der Waals surface area contributed by atoms with Crippen molar-refractivity contribution in [1.29, 1.82) is 0 Å². The van der Waals surface area contributed by atoms with Gasteiger partial charge in [-0.05, 0) is 68.8 Å². The summed E-state index contributed by atoms with van der Waals surface area (Å²) in [5.41, 5.74) is 1.06. The number of ether oxygens (including phenoxy) is 1. The molecule has 2 N–H and O–H groups in total. The van der Waals surface area contributed by atoms with Crippen LogP contribution in [0.25, 0.3) is 0 Å². The number of carbonyl (C=O) groups is 2. The van der Waals surface area contributed by atoms with Gasteiger partial charge in [-0.25, -0.2) is 0 Å². The van der Waals surface area contributed by atoms with Crippen molar-refractivity contribution in [2.24, 2.45) is 11.8 Å². The quantitative estimate of drug-likeness (QED) is 0.707. The maximum absolute atomic E-state index is 12.5. The van der Waals surface area contributed by atoms with E-state index in [1.165, 1.54) is 12.8 Å². The van der Waals surface area contributed by atoms with Gasteiger partial charge in [-0.1, -0.05) is 12.1 Å². The number of methoxy groups -OCH3 is 1. The van der Waals surface area contributed by atoms with E-state index < -0.39 is 0 Å². The van der Waals surface area contributed by atoms with Crippen LogP contribution in [0.2, 0.25) is 0 Å². The summed E-state index contributed by atoms with van der Waals surface area (Å²) < 4.78 is 5.15. The van der Waals surface area contributed by atoms with Gasteiger partial charge in [-0.2, -0.15) is 0 Å². The Kier molecular flexibility index (Phi) is 9.74. The van der Waals surface area contributed by atoms with Gasteiger partial charge >= 0.3 is 0 Å². The number of nitrogens with zero attached hydrogens (tertiary/aromatic N) is 1. The fourth-order valence-corrected chi connectivity index (χ4v) is 4.12. The highest BCUT2D eigenvalue weighted by atomic mass is 35.5. The van der Waals surface area contributed by atoms with Crippen molar-refractivity contribution in [3.05, 3.63) is 29.8 Å². The van der Waals surface area contributed by atoms with E-state index in [-0.39, 0.29) is 30.1 Å². The first-order valence-electron chi connectivity index (χ1n) is 10.5. The molecule has 162 valence electrons. The first kappa shape index (κ1) is 23.5. The van der Waals surface area contributed by atoms with E-state index in [2.05, 4.69) is 10.6 Å². The summed E-state index contributed by atoms with van der Waals surface area (Å²) in [5, 5.41) is 6.40. The van der Waals surface area contributed by atoms with E-state index in [0.29, 0.717) is 32.0 Å². The Morgan fingerprint density at radius 1 is 1.10 bits per heavy atom. The highest BCUT2D eigenvalue weighted by Gasteiger charge is 2.27. The molecule has 1 aromatic carbocycles. The third kappa shape index (κ3) is 7.19. The summed E-state index contributed by atoms with van der Waals surface area (Å²) in [6.07, 6.45) is 5.54. The molecule has 2 saturated heterocycles. The molecule has 2 aliphatic heterocycles. The number of likely N-dealkylation sites (tertiary alicyclic amines) is 1. The molecule has 3 rings (SSSR count).